The summed E-state index contributed by atoms with van der Waals surface area (Å²) in [5, 5.41) is 10.9. The first kappa shape index (κ1) is 15.6. The van der Waals surface area contributed by atoms with Crippen molar-refractivity contribution in [3.8, 4) is 0 Å². The molecule has 1 nitrogen and oxygen atoms in total. The second-order valence-corrected chi connectivity index (χ2v) is 7.02. The van der Waals surface area contributed by atoms with E-state index < -0.39 is 0 Å². The van der Waals surface area contributed by atoms with Crippen LogP contribution in [0.3, 0.4) is 0 Å². The molecule has 1 heteroatoms. The molecule has 0 amide bonds. The molecular formula is C19H30O. The minimum Gasteiger partial charge on any atom is -0.388 e. The van der Waals surface area contributed by atoms with Crippen molar-refractivity contribution in [2.75, 3.05) is 0 Å². The molecule has 0 radical (unpaired) electrons. The van der Waals surface area contributed by atoms with Gasteiger partial charge in [-0.25, -0.2) is 0 Å². The molecule has 0 saturated heterocycles. The van der Waals surface area contributed by atoms with Crippen molar-refractivity contribution < 1.29 is 5.11 Å². The van der Waals surface area contributed by atoms with Crippen LogP contribution in [0.15, 0.2) is 18.2 Å². The molecule has 0 aliphatic heterocycles. The molecule has 20 heavy (non-hydrogen) atoms. The van der Waals surface area contributed by atoms with Crippen LogP contribution < -0.4 is 0 Å². The molecule has 0 spiro atoms. The van der Waals surface area contributed by atoms with E-state index in [1.807, 2.05) is 0 Å². The van der Waals surface area contributed by atoms with E-state index in [9.17, 15) is 5.11 Å². The molecule has 1 N–H and O–H groups in total. The van der Waals surface area contributed by atoms with E-state index in [2.05, 4.69) is 45.9 Å². The van der Waals surface area contributed by atoms with Gasteiger partial charge in [0.25, 0.3) is 0 Å². The van der Waals surface area contributed by atoms with Gasteiger partial charge < -0.3 is 5.11 Å². The fourth-order valence-electron chi connectivity index (χ4n) is 3.84. The quantitative estimate of drug-likeness (QED) is 0.813. The van der Waals surface area contributed by atoms with Crippen molar-refractivity contribution in [2.45, 2.75) is 72.3 Å². The zero-order valence-corrected chi connectivity index (χ0v) is 13.6. The third-order valence-corrected chi connectivity index (χ3v) is 5.30. The van der Waals surface area contributed by atoms with Crippen LogP contribution in [0.5, 0.6) is 0 Å². The number of hydrogen-bond donors (Lipinski definition) is 1. The summed E-state index contributed by atoms with van der Waals surface area (Å²) < 4.78 is 0. The molecule has 1 fully saturated rings. The molecule has 1 aromatic rings. The lowest BCUT2D eigenvalue weighted by atomic mass is 9.65. The normalized spacial score (nSPS) is 23.6. The van der Waals surface area contributed by atoms with Crippen LogP contribution in [-0.4, -0.2) is 5.11 Å². The smallest absolute Gasteiger partial charge is 0.0823 e. The topological polar surface area (TPSA) is 20.2 Å². The fourth-order valence-corrected chi connectivity index (χ4v) is 3.84. The van der Waals surface area contributed by atoms with Crippen molar-refractivity contribution >= 4 is 0 Å². The van der Waals surface area contributed by atoms with Crippen molar-refractivity contribution in [1.29, 1.82) is 0 Å². The van der Waals surface area contributed by atoms with Gasteiger partial charge in [0.1, 0.15) is 0 Å². The van der Waals surface area contributed by atoms with E-state index >= 15 is 0 Å². The Balaban J connectivity index is 2.26. The SMILES string of the molecule is CCc1ccc(C(O)C2CCCCC2(C)C)cc1CC. The van der Waals surface area contributed by atoms with Gasteiger partial charge in [0.05, 0.1) is 6.10 Å². The summed E-state index contributed by atoms with van der Waals surface area (Å²) in [7, 11) is 0. The van der Waals surface area contributed by atoms with Crippen LogP contribution in [0, 0.1) is 11.3 Å². The highest BCUT2D eigenvalue weighted by atomic mass is 16.3. The molecule has 112 valence electrons. The predicted molar refractivity (Wildman–Crippen MR) is 85.9 cm³/mol. The number of aliphatic hydroxyl groups excluding tert-OH is 1. The second kappa shape index (κ2) is 6.30. The van der Waals surface area contributed by atoms with E-state index in [4.69, 9.17) is 0 Å². The van der Waals surface area contributed by atoms with Gasteiger partial charge in [-0.05, 0) is 53.7 Å². The van der Waals surface area contributed by atoms with Crippen molar-refractivity contribution in [1.82, 2.24) is 0 Å². The third-order valence-electron chi connectivity index (χ3n) is 5.30. The maximum Gasteiger partial charge on any atom is 0.0823 e. The highest BCUT2D eigenvalue weighted by Gasteiger charge is 2.37. The molecule has 1 saturated carbocycles. The molecule has 0 aromatic heterocycles. The van der Waals surface area contributed by atoms with Crippen molar-refractivity contribution in [2.24, 2.45) is 11.3 Å². The Bertz CT molecular complexity index is 447. The Morgan fingerprint density at radius 1 is 1.15 bits per heavy atom. The monoisotopic (exact) mass is 274 g/mol. The van der Waals surface area contributed by atoms with Gasteiger partial charge in [-0.3, -0.25) is 0 Å². The standard InChI is InChI=1S/C19H30O/c1-5-14-10-11-16(13-15(14)6-2)18(20)17-9-7-8-12-19(17,3)4/h10-11,13,17-18,20H,5-9,12H2,1-4H3. The van der Waals surface area contributed by atoms with E-state index in [1.54, 1.807) is 0 Å². The summed E-state index contributed by atoms with van der Waals surface area (Å²) in [4.78, 5) is 0. The van der Waals surface area contributed by atoms with Gasteiger partial charge >= 0.3 is 0 Å². The number of benzene rings is 1. The highest BCUT2D eigenvalue weighted by Crippen LogP contribution is 2.46. The molecule has 0 heterocycles. The average molecular weight is 274 g/mol. The predicted octanol–water partition coefficient (Wildman–Crippen LogP) is 5.06. The number of hydrogen-bond acceptors (Lipinski definition) is 1. The summed E-state index contributed by atoms with van der Waals surface area (Å²) in [6.07, 6.45) is 6.80. The number of rotatable bonds is 4. The van der Waals surface area contributed by atoms with Gasteiger partial charge in [0.2, 0.25) is 0 Å². The lowest BCUT2D eigenvalue weighted by molar-refractivity contribution is 0.00381. The zero-order valence-electron chi connectivity index (χ0n) is 13.6. The summed E-state index contributed by atoms with van der Waals surface area (Å²) in [6, 6.07) is 6.61. The van der Waals surface area contributed by atoms with Gasteiger partial charge in [-0.1, -0.05) is 58.7 Å². The highest BCUT2D eigenvalue weighted by molar-refractivity contribution is 5.33. The first-order chi connectivity index (χ1) is 9.49. The van der Waals surface area contributed by atoms with Crippen LogP contribution >= 0.6 is 0 Å². The summed E-state index contributed by atoms with van der Waals surface area (Å²) in [6.45, 7) is 9.05. The molecule has 0 bridgehead atoms. The molecule has 2 unspecified atom stereocenters. The van der Waals surface area contributed by atoms with Crippen LogP contribution in [0.25, 0.3) is 0 Å². The largest absolute Gasteiger partial charge is 0.388 e. The Kier molecular flexibility index (Phi) is 4.90. The lowest BCUT2D eigenvalue weighted by Crippen LogP contribution is -2.32. The Labute approximate surface area is 124 Å². The first-order valence-corrected chi connectivity index (χ1v) is 8.29. The number of aliphatic hydroxyl groups is 1. The van der Waals surface area contributed by atoms with Gasteiger partial charge in [0, 0.05) is 0 Å². The summed E-state index contributed by atoms with van der Waals surface area (Å²) in [5.41, 5.74) is 4.20. The van der Waals surface area contributed by atoms with Crippen LogP contribution in [0.4, 0.5) is 0 Å². The fraction of sp³-hybridized carbons (Fsp3) is 0.684. The van der Waals surface area contributed by atoms with Crippen molar-refractivity contribution in [3.05, 3.63) is 34.9 Å². The third kappa shape index (κ3) is 3.09. The minimum atomic E-state index is -0.304. The van der Waals surface area contributed by atoms with E-state index in [0.717, 1.165) is 24.8 Å². The molecule has 1 aromatic carbocycles. The molecule has 2 atom stereocenters. The van der Waals surface area contributed by atoms with E-state index in [1.165, 1.54) is 30.4 Å². The average Bonchev–Trinajstić information content (AvgIpc) is 2.45. The lowest BCUT2D eigenvalue weighted by Gasteiger charge is -2.41. The van der Waals surface area contributed by atoms with E-state index in [-0.39, 0.29) is 11.5 Å². The zero-order chi connectivity index (χ0) is 14.8. The summed E-state index contributed by atoms with van der Waals surface area (Å²) >= 11 is 0. The van der Waals surface area contributed by atoms with Gasteiger partial charge in [-0.15, -0.1) is 0 Å². The minimum absolute atomic E-state index is 0.257. The summed E-state index contributed by atoms with van der Waals surface area (Å²) in [5.74, 6) is 0.397. The van der Waals surface area contributed by atoms with E-state index in [0.29, 0.717) is 5.92 Å². The molecular weight excluding hydrogens is 244 g/mol. The Morgan fingerprint density at radius 3 is 2.45 bits per heavy atom. The maximum atomic E-state index is 10.9. The maximum absolute atomic E-state index is 10.9. The van der Waals surface area contributed by atoms with Crippen LogP contribution in [0.1, 0.15) is 76.2 Å². The van der Waals surface area contributed by atoms with Crippen LogP contribution in [0.2, 0.25) is 0 Å². The van der Waals surface area contributed by atoms with Gasteiger partial charge in [-0.2, -0.15) is 0 Å². The molecule has 1 aliphatic carbocycles. The Morgan fingerprint density at radius 2 is 1.85 bits per heavy atom. The van der Waals surface area contributed by atoms with Gasteiger partial charge in [0.15, 0.2) is 0 Å². The van der Waals surface area contributed by atoms with Crippen molar-refractivity contribution in [3.63, 3.8) is 0 Å². The second-order valence-electron chi connectivity index (χ2n) is 7.02. The Hall–Kier alpha value is -0.820. The first-order valence-electron chi connectivity index (χ1n) is 8.29. The number of aryl methyl sites for hydroxylation is 2. The molecule has 2 rings (SSSR count). The molecule has 1 aliphatic rings. The van der Waals surface area contributed by atoms with Crippen LogP contribution in [-0.2, 0) is 12.8 Å².